The van der Waals surface area contributed by atoms with Crippen molar-refractivity contribution in [3.63, 3.8) is 0 Å². The van der Waals surface area contributed by atoms with Gasteiger partial charge in [0.15, 0.2) is 0 Å². The van der Waals surface area contributed by atoms with Gasteiger partial charge in [0.2, 0.25) is 0 Å². The van der Waals surface area contributed by atoms with Crippen molar-refractivity contribution < 1.29 is 4.90 Å². The zero-order valence-corrected chi connectivity index (χ0v) is 9.96. The van der Waals surface area contributed by atoms with Crippen molar-refractivity contribution in [1.82, 2.24) is 4.98 Å². The maximum atomic E-state index is 4.32. The van der Waals surface area contributed by atoms with Crippen LogP contribution in [0.25, 0.3) is 0 Å². The fraction of sp³-hybridized carbons (Fsp3) is 0.462. The van der Waals surface area contributed by atoms with Gasteiger partial charge in [-0.05, 0) is 32.1 Å². The summed E-state index contributed by atoms with van der Waals surface area (Å²) in [5, 5.41) is 0. The van der Waals surface area contributed by atoms with E-state index in [9.17, 15) is 0 Å². The number of hydrogen-bond acceptors (Lipinski definition) is 1. The molecule has 0 fully saturated rings. The quantitative estimate of drug-likeness (QED) is 0.713. The van der Waals surface area contributed by atoms with Crippen molar-refractivity contribution in [2.75, 3.05) is 20.1 Å². The number of nitrogens with zero attached hydrogens (tertiary/aromatic N) is 1. The molecule has 0 aliphatic rings. The summed E-state index contributed by atoms with van der Waals surface area (Å²) in [5.74, 6) is 0. The van der Waals surface area contributed by atoms with E-state index in [0.717, 1.165) is 19.5 Å². The van der Waals surface area contributed by atoms with E-state index in [1.54, 1.807) is 0 Å². The molecule has 1 heterocycles. The lowest BCUT2D eigenvalue weighted by atomic mass is 10.2. The summed E-state index contributed by atoms with van der Waals surface area (Å²) in [6.45, 7) is 6.54. The van der Waals surface area contributed by atoms with Crippen LogP contribution in [0.3, 0.4) is 0 Å². The summed E-state index contributed by atoms with van der Waals surface area (Å²) in [7, 11) is 2.22. The van der Waals surface area contributed by atoms with E-state index < -0.39 is 0 Å². The molecule has 82 valence electrons. The molecule has 1 aromatic heterocycles. The first kappa shape index (κ1) is 11.9. The second kappa shape index (κ2) is 6.36. The third-order valence-electron chi connectivity index (χ3n) is 2.39. The highest BCUT2D eigenvalue weighted by molar-refractivity contribution is 5.03. The normalized spacial score (nSPS) is 12.2. The van der Waals surface area contributed by atoms with Crippen LogP contribution in [0.15, 0.2) is 36.0 Å². The molecule has 0 aliphatic heterocycles. The van der Waals surface area contributed by atoms with Crippen LogP contribution >= 0.6 is 0 Å². The molecular weight excluding hydrogens is 184 g/mol. The number of pyridine rings is 1. The molecule has 0 saturated heterocycles. The summed E-state index contributed by atoms with van der Waals surface area (Å²) < 4.78 is 0. The molecule has 0 aliphatic carbocycles. The molecule has 2 nitrogen and oxygen atoms in total. The zero-order chi connectivity index (χ0) is 11.1. The average molecular weight is 205 g/mol. The SMILES string of the molecule is CC(C)=CC[NH+](C)CCc1ccccn1. The molecule has 1 aromatic rings. The molecule has 15 heavy (non-hydrogen) atoms. The van der Waals surface area contributed by atoms with Crippen molar-refractivity contribution in [3.05, 3.63) is 41.7 Å². The van der Waals surface area contributed by atoms with Gasteiger partial charge in [-0.15, -0.1) is 0 Å². The predicted molar refractivity (Wildman–Crippen MR) is 64.0 cm³/mol. The Morgan fingerprint density at radius 2 is 2.20 bits per heavy atom. The van der Waals surface area contributed by atoms with Crippen molar-refractivity contribution in [2.45, 2.75) is 20.3 Å². The summed E-state index contributed by atoms with van der Waals surface area (Å²) in [4.78, 5) is 5.85. The van der Waals surface area contributed by atoms with Crippen LogP contribution in [-0.4, -0.2) is 25.1 Å². The Kier molecular flexibility index (Phi) is 5.05. The Morgan fingerprint density at radius 1 is 1.40 bits per heavy atom. The number of rotatable bonds is 5. The number of hydrogen-bond donors (Lipinski definition) is 1. The second-order valence-electron chi connectivity index (χ2n) is 4.26. The monoisotopic (exact) mass is 205 g/mol. The van der Waals surface area contributed by atoms with E-state index >= 15 is 0 Å². The van der Waals surface area contributed by atoms with Gasteiger partial charge in [0.05, 0.1) is 20.1 Å². The fourth-order valence-electron chi connectivity index (χ4n) is 1.37. The first-order valence-electron chi connectivity index (χ1n) is 5.53. The van der Waals surface area contributed by atoms with Crippen LogP contribution in [0, 0.1) is 0 Å². The standard InChI is InChI=1S/C13H20N2/c1-12(2)7-10-15(3)11-8-13-6-4-5-9-14-13/h4-7,9H,8,10-11H2,1-3H3/p+1. The predicted octanol–water partition coefficient (Wildman–Crippen LogP) is 1.10. The topological polar surface area (TPSA) is 17.3 Å². The molecular formula is C13H21N2+. The van der Waals surface area contributed by atoms with Crippen LogP contribution in [0.5, 0.6) is 0 Å². The maximum Gasteiger partial charge on any atom is 0.0958 e. The molecule has 0 radical (unpaired) electrons. The Balaban J connectivity index is 2.28. The van der Waals surface area contributed by atoms with Crippen molar-refractivity contribution in [1.29, 1.82) is 0 Å². The van der Waals surface area contributed by atoms with E-state index in [-0.39, 0.29) is 0 Å². The van der Waals surface area contributed by atoms with Crippen molar-refractivity contribution in [3.8, 4) is 0 Å². The summed E-state index contributed by atoms with van der Waals surface area (Å²) in [6, 6.07) is 6.10. The van der Waals surface area contributed by atoms with Crippen LogP contribution in [0.4, 0.5) is 0 Å². The van der Waals surface area contributed by atoms with E-state index in [4.69, 9.17) is 0 Å². The van der Waals surface area contributed by atoms with E-state index in [1.807, 2.05) is 18.3 Å². The smallest absolute Gasteiger partial charge is 0.0958 e. The third-order valence-corrected chi connectivity index (χ3v) is 2.39. The summed E-state index contributed by atoms with van der Waals surface area (Å²) in [6.07, 6.45) is 5.21. The minimum atomic E-state index is 1.06. The minimum absolute atomic E-state index is 1.06. The lowest BCUT2D eigenvalue weighted by Crippen LogP contribution is -3.09. The van der Waals surface area contributed by atoms with Crippen LogP contribution in [0.2, 0.25) is 0 Å². The number of aromatic nitrogens is 1. The molecule has 1 N–H and O–H groups in total. The molecule has 1 unspecified atom stereocenters. The zero-order valence-electron chi connectivity index (χ0n) is 9.96. The number of allylic oxidation sites excluding steroid dienone is 1. The van der Waals surface area contributed by atoms with Gasteiger partial charge in [0, 0.05) is 18.3 Å². The van der Waals surface area contributed by atoms with Gasteiger partial charge in [-0.2, -0.15) is 0 Å². The highest BCUT2D eigenvalue weighted by Gasteiger charge is 2.00. The first-order valence-corrected chi connectivity index (χ1v) is 5.53. The number of quaternary nitrogens is 1. The molecule has 1 atom stereocenters. The van der Waals surface area contributed by atoms with Crippen molar-refractivity contribution >= 4 is 0 Å². The molecule has 0 bridgehead atoms. The Hall–Kier alpha value is -1.15. The van der Waals surface area contributed by atoms with Gasteiger partial charge in [0.1, 0.15) is 0 Å². The van der Waals surface area contributed by atoms with Crippen LogP contribution in [0.1, 0.15) is 19.5 Å². The summed E-state index contributed by atoms with van der Waals surface area (Å²) >= 11 is 0. The van der Waals surface area contributed by atoms with E-state index in [2.05, 4.69) is 38.0 Å². The number of nitrogens with one attached hydrogen (secondary N) is 1. The highest BCUT2D eigenvalue weighted by atomic mass is 15.1. The van der Waals surface area contributed by atoms with Crippen molar-refractivity contribution in [2.24, 2.45) is 0 Å². The molecule has 0 aromatic carbocycles. The second-order valence-corrected chi connectivity index (χ2v) is 4.26. The Labute approximate surface area is 92.6 Å². The van der Waals surface area contributed by atoms with Gasteiger partial charge in [-0.3, -0.25) is 4.98 Å². The largest absolute Gasteiger partial charge is 0.334 e. The molecule has 0 saturated carbocycles. The minimum Gasteiger partial charge on any atom is -0.334 e. The van der Waals surface area contributed by atoms with Crippen LogP contribution < -0.4 is 4.90 Å². The van der Waals surface area contributed by atoms with Gasteiger partial charge < -0.3 is 4.90 Å². The first-order chi connectivity index (χ1) is 7.18. The van der Waals surface area contributed by atoms with E-state index in [1.165, 1.54) is 16.2 Å². The third kappa shape index (κ3) is 5.33. The Bertz CT molecular complexity index is 300. The van der Waals surface area contributed by atoms with E-state index in [0.29, 0.717) is 0 Å². The fourth-order valence-corrected chi connectivity index (χ4v) is 1.37. The van der Waals surface area contributed by atoms with Crippen LogP contribution in [-0.2, 0) is 6.42 Å². The maximum absolute atomic E-state index is 4.32. The lowest BCUT2D eigenvalue weighted by molar-refractivity contribution is -0.873. The lowest BCUT2D eigenvalue weighted by Gasteiger charge is -2.11. The molecule has 0 amide bonds. The molecule has 1 rings (SSSR count). The van der Waals surface area contributed by atoms with Gasteiger partial charge in [-0.1, -0.05) is 11.6 Å². The molecule has 2 heteroatoms. The van der Waals surface area contributed by atoms with Gasteiger partial charge >= 0.3 is 0 Å². The Morgan fingerprint density at radius 3 is 2.80 bits per heavy atom. The van der Waals surface area contributed by atoms with Gasteiger partial charge in [0.25, 0.3) is 0 Å². The van der Waals surface area contributed by atoms with Gasteiger partial charge in [-0.25, -0.2) is 0 Å². The molecule has 0 spiro atoms. The summed E-state index contributed by atoms with van der Waals surface area (Å²) in [5.41, 5.74) is 2.58. The average Bonchev–Trinajstić information content (AvgIpc) is 2.25. The highest BCUT2D eigenvalue weighted by Crippen LogP contribution is 1.92. The number of likely N-dealkylation sites (N-methyl/N-ethyl adjacent to an activating group) is 1.